The Morgan fingerprint density at radius 1 is 1.20 bits per heavy atom. The second kappa shape index (κ2) is 11.6. The van der Waals surface area contributed by atoms with E-state index in [0.29, 0.717) is 6.42 Å². The zero-order chi connectivity index (χ0) is 8.41. The first-order chi connectivity index (χ1) is 4.72. The molecule has 0 aromatic rings. The highest BCUT2D eigenvalue weighted by atomic mass is 16.3. The first kappa shape index (κ1) is 12.5. The molecule has 3 N–H and O–H groups in total. The summed E-state index contributed by atoms with van der Waals surface area (Å²) in [5.74, 6) is 0. The van der Waals surface area contributed by atoms with Gasteiger partial charge in [0.15, 0.2) is 0 Å². The van der Waals surface area contributed by atoms with Crippen molar-refractivity contribution in [3.05, 3.63) is 0 Å². The molecule has 0 aliphatic heterocycles. The van der Waals surface area contributed by atoms with Gasteiger partial charge in [-0.2, -0.15) is 0 Å². The molecule has 0 amide bonds. The second-order valence-electron chi connectivity index (χ2n) is 1.94. The van der Waals surface area contributed by atoms with Crippen molar-refractivity contribution in [1.82, 2.24) is 0 Å². The molecule has 0 saturated heterocycles. The quantitative estimate of drug-likeness (QED) is 0.536. The van der Waals surface area contributed by atoms with Crippen LogP contribution < -0.4 is 0 Å². The van der Waals surface area contributed by atoms with Crippen molar-refractivity contribution in [2.45, 2.75) is 32.8 Å². The lowest BCUT2D eigenvalue weighted by Crippen LogP contribution is -2.10. The molecule has 0 saturated carbocycles. The smallest absolute Gasteiger partial charge is 0.0770 e. The third kappa shape index (κ3) is 15.7. The first-order valence-electron chi connectivity index (χ1n) is 3.62. The number of hydrogen-bond donors (Lipinski definition) is 3. The zero-order valence-electron chi connectivity index (χ0n) is 6.75. The fourth-order valence-corrected chi connectivity index (χ4v) is 0.425. The van der Waals surface area contributed by atoms with Gasteiger partial charge in [-0.1, -0.05) is 13.3 Å². The second-order valence-corrected chi connectivity index (χ2v) is 1.94. The van der Waals surface area contributed by atoms with Crippen LogP contribution >= 0.6 is 0 Å². The highest BCUT2D eigenvalue weighted by Gasteiger charge is 1.95. The highest BCUT2D eigenvalue weighted by molar-refractivity contribution is 4.48. The average Bonchev–Trinajstić information content (AvgIpc) is 1.90. The van der Waals surface area contributed by atoms with E-state index in [1.54, 1.807) is 6.92 Å². The molecule has 10 heavy (non-hydrogen) atoms. The first-order valence-corrected chi connectivity index (χ1v) is 3.62. The van der Waals surface area contributed by atoms with Crippen molar-refractivity contribution in [3.8, 4) is 0 Å². The minimum absolute atomic E-state index is 0.103. The van der Waals surface area contributed by atoms with Gasteiger partial charge in [-0.05, 0) is 13.3 Å². The Hall–Kier alpha value is -0.120. The van der Waals surface area contributed by atoms with E-state index in [9.17, 15) is 0 Å². The highest BCUT2D eigenvalue weighted by Crippen LogP contribution is 1.92. The van der Waals surface area contributed by atoms with Gasteiger partial charge in [0.05, 0.1) is 12.7 Å². The molecule has 1 unspecified atom stereocenters. The van der Waals surface area contributed by atoms with Gasteiger partial charge in [-0.15, -0.1) is 0 Å². The summed E-state index contributed by atoms with van der Waals surface area (Å²) in [5.41, 5.74) is 0. The molecule has 1 atom stereocenters. The summed E-state index contributed by atoms with van der Waals surface area (Å²) < 4.78 is 0. The normalized spacial score (nSPS) is 11.7. The summed E-state index contributed by atoms with van der Waals surface area (Å²) in [4.78, 5) is 0. The largest absolute Gasteiger partial charge is 0.397 e. The van der Waals surface area contributed by atoms with Crippen molar-refractivity contribution in [1.29, 1.82) is 0 Å². The van der Waals surface area contributed by atoms with E-state index in [0.717, 1.165) is 6.42 Å². The van der Waals surface area contributed by atoms with Crippen LogP contribution in [0.1, 0.15) is 26.7 Å². The minimum atomic E-state index is -0.495. The molecular weight excluding hydrogens is 132 g/mol. The zero-order valence-corrected chi connectivity index (χ0v) is 6.75. The Bertz CT molecular complexity index is 48.1. The van der Waals surface area contributed by atoms with Crippen molar-refractivity contribution < 1.29 is 15.3 Å². The van der Waals surface area contributed by atoms with Crippen LogP contribution in [0.3, 0.4) is 0 Å². The summed E-state index contributed by atoms with van der Waals surface area (Å²) in [5, 5.41) is 24.4. The number of hydrogen-bond acceptors (Lipinski definition) is 3. The molecule has 64 valence electrons. The molecule has 0 aromatic carbocycles. The lowest BCUT2D eigenvalue weighted by Gasteiger charge is -2.01. The van der Waals surface area contributed by atoms with E-state index in [1.807, 2.05) is 6.92 Å². The van der Waals surface area contributed by atoms with Gasteiger partial charge < -0.3 is 15.3 Å². The molecule has 0 radical (unpaired) electrons. The van der Waals surface area contributed by atoms with Gasteiger partial charge >= 0.3 is 0 Å². The van der Waals surface area contributed by atoms with Gasteiger partial charge in [0, 0.05) is 6.61 Å². The fraction of sp³-hybridized carbons (Fsp3) is 1.00. The molecule has 0 bridgehead atoms. The standard InChI is InChI=1S/C5H12O2.C2H6O/c1-2-3-5(7)4-6;1-2-3/h5-7H,2-4H2,1H3;3H,2H2,1H3. The van der Waals surface area contributed by atoms with E-state index in [-0.39, 0.29) is 13.2 Å². The summed E-state index contributed by atoms with van der Waals surface area (Å²) in [6, 6.07) is 0. The average molecular weight is 150 g/mol. The molecule has 0 aliphatic rings. The number of aliphatic hydroxyl groups excluding tert-OH is 3. The van der Waals surface area contributed by atoms with Crippen molar-refractivity contribution in [2.24, 2.45) is 0 Å². The Balaban J connectivity index is 0. The predicted molar refractivity (Wildman–Crippen MR) is 40.8 cm³/mol. The number of rotatable bonds is 3. The van der Waals surface area contributed by atoms with Crippen molar-refractivity contribution in [2.75, 3.05) is 13.2 Å². The molecular formula is C7H18O3. The third-order valence-corrected chi connectivity index (χ3v) is 0.833. The maximum atomic E-state index is 8.61. The van der Waals surface area contributed by atoms with Crippen LogP contribution in [0.25, 0.3) is 0 Å². The van der Waals surface area contributed by atoms with Crippen LogP contribution in [0, 0.1) is 0 Å². The fourth-order valence-electron chi connectivity index (χ4n) is 0.425. The summed E-state index contributed by atoms with van der Waals surface area (Å²) >= 11 is 0. The van der Waals surface area contributed by atoms with Gasteiger partial charge in [-0.25, -0.2) is 0 Å². The van der Waals surface area contributed by atoms with E-state index in [2.05, 4.69) is 0 Å². The topological polar surface area (TPSA) is 60.7 Å². The predicted octanol–water partition coefficient (Wildman–Crippen LogP) is 0.138. The summed E-state index contributed by atoms with van der Waals surface area (Å²) in [6.07, 6.45) is 1.14. The van der Waals surface area contributed by atoms with Crippen LogP contribution in [0.15, 0.2) is 0 Å². The molecule has 0 fully saturated rings. The van der Waals surface area contributed by atoms with Gasteiger partial charge in [0.1, 0.15) is 0 Å². The molecule has 0 aromatic heterocycles. The molecule has 3 nitrogen and oxygen atoms in total. The van der Waals surface area contributed by atoms with E-state index in [1.165, 1.54) is 0 Å². The Morgan fingerprint density at radius 3 is 1.70 bits per heavy atom. The Labute approximate surface area is 62.3 Å². The maximum absolute atomic E-state index is 8.61. The molecule has 0 heterocycles. The number of aliphatic hydroxyl groups is 3. The lowest BCUT2D eigenvalue weighted by molar-refractivity contribution is 0.0877. The van der Waals surface area contributed by atoms with E-state index >= 15 is 0 Å². The molecule has 0 rings (SSSR count). The third-order valence-electron chi connectivity index (χ3n) is 0.833. The lowest BCUT2D eigenvalue weighted by atomic mass is 10.2. The molecule has 0 spiro atoms. The van der Waals surface area contributed by atoms with Gasteiger partial charge in [0.2, 0.25) is 0 Å². The van der Waals surface area contributed by atoms with E-state index in [4.69, 9.17) is 15.3 Å². The van der Waals surface area contributed by atoms with Crippen molar-refractivity contribution >= 4 is 0 Å². The van der Waals surface area contributed by atoms with Crippen LogP contribution in [0.5, 0.6) is 0 Å². The van der Waals surface area contributed by atoms with Crippen LogP contribution in [-0.2, 0) is 0 Å². The Morgan fingerprint density at radius 2 is 1.60 bits per heavy atom. The van der Waals surface area contributed by atoms with Gasteiger partial charge in [0.25, 0.3) is 0 Å². The van der Waals surface area contributed by atoms with Crippen molar-refractivity contribution in [3.63, 3.8) is 0 Å². The maximum Gasteiger partial charge on any atom is 0.0770 e. The monoisotopic (exact) mass is 150 g/mol. The van der Waals surface area contributed by atoms with E-state index < -0.39 is 6.10 Å². The SMILES string of the molecule is CCCC(O)CO.CCO. The van der Waals surface area contributed by atoms with Crippen LogP contribution in [0.4, 0.5) is 0 Å². The summed E-state index contributed by atoms with van der Waals surface area (Å²) in [7, 11) is 0. The molecule has 0 aliphatic carbocycles. The molecule has 3 heteroatoms. The van der Waals surface area contributed by atoms with Crippen LogP contribution in [0.2, 0.25) is 0 Å². The Kier molecular flexibility index (Phi) is 14.6. The minimum Gasteiger partial charge on any atom is -0.397 e. The van der Waals surface area contributed by atoms with Crippen LogP contribution in [-0.4, -0.2) is 34.6 Å². The summed E-state index contributed by atoms with van der Waals surface area (Å²) in [6.45, 7) is 3.80. The van der Waals surface area contributed by atoms with Gasteiger partial charge in [-0.3, -0.25) is 0 Å².